The van der Waals surface area contributed by atoms with Gasteiger partial charge >= 0.3 is 0 Å². The fraction of sp³-hybridized carbons (Fsp3) is 0.364. The van der Waals surface area contributed by atoms with Crippen LogP contribution in [0.25, 0.3) is 0 Å². The third kappa shape index (κ3) is 3.18. The molecule has 2 aromatic carbocycles. The Bertz CT molecular complexity index is 938. The highest BCUT2D eigenvalue weighted by Crippen LogP contribution is 2.70. The first-order valence-electron chi connectivity index (χ1n) is 9.37. The molecule has 5 rings (SSSR count). The summed E-state index contributed by atoms with van der Waals surface area (Å²) in [6, 6.07) is 11.0. The Kier molecular flexibility index (Phi) is 4.46. The van der Waals surface area contributed by atoms with E-state index in [-0.39, 0.29) is 34.5 Å². The van der Waals surface area contributed by atoms with E-state index in [4.69, 9.17) is 11.6 Å². The SMILES string of the molecule is Cc1cc(C(=O)NC23CC([C@H](C)C(=O)Nc4ccc(F)cc4)(C2)C3)ccc1Cl. The van der Waals surface area contributed by atoms with E-state index >= 15 is 0 Å². The van der Waals surface area contributed by atoms with Gasteiger partial charge in [-0.25, -0.2) is 4.39 Å². The molecular weight excluding hydrogens is 379 g/mol. The van der Waals surface area contributed by atoms with Crippen LogP contribution in [0.2, 0.25) is 5.02 Å². The molecule has 3 aliphatic carbocycles. The zero-order valence-electron chi connectivity index (χ0n) is 15.8. The van der Waals surface area contributed by atoms with Gasteiger partial charge in [0.1, 0.15) is 5.82 Å². The molecule has 1 atom stereocenters. The summed E-state index contributed by atoms with van der Waals surface area (Å²) in [4.78, 5) is 25.1. The molecule has 2 N–H and O–H groups in total. The number of rotatable bonds is 5. The van der Waals surface area contributed by atoms with Gasteiger partial charge in [-0.05, 0) is 79.6 Å². The first-order chi connectivity index (χ1) is 13.2. The number of nitrogens with one attached hydrogen (secondary N) is 2. The van der Waals surface area contributed by atoms with Crippen LogP contribution in [0.4, 0.5) is 10.1 Å². The molecule has 3 aliphatic rings. The first kappa shape index (κ1) is 18.9. The summed E-state index contributed by atoms with van der Waals surface area (Å²) in [5, 5.41) is 6.63. The summed E-state index contributed by atoms with van der Waals surface area (Å²) in [6.45, 7) is 3.79. The number of carbonyl (C=O) groups is 2. The summed E-state index contributed by atoms with van der Waals surface area (Å²) in [6.07, 6.45) is 2.41. The van der Waals surface area contributed by atoms with E-state index in [1.165, 1.54) is 12.1 Å². The number of hydrogen-bond donors (Lipinski definition) is 2. The molecule has 0 unspecified atom stereocenters. The van der Waals surface area contributed by atoms with E-state index in [1.807, 2.05) is 13.8 Å². The number of carbonyl (C=O) groups excluding carboxylic acids is 2. The smallest absolute Gasteiger partial charge is 0.251 e. The minimum absolute atomic E-state index is 0.0622. The van der Waals surface area contributed by atoms with Crippen LogP contribution in [-0.2, 0) is 4.79 Å². The van der Waals surface area contributed by atoms with Gasteiger partial charge in [0.15, 0.2) is 0 Å². The quantitative estimate of drug-likeness (QED) is 0.763. The Morgan fingerprint density at radius 2 is 1.75 bits per heavy atom. The molecule has 0 saturated heterocycles. The van der Waals surface area contributed by atoms with Gasteiger partial charge in [0.2, 0.25) is 5.91 Å². The maximum atomic E-state index is 13.0. The van der Waals surface area contributed by atoms with Crippen LogP contribution >= 0.6 is 11.6 Å². The van der Waals surface area contributed by atoms with Gasteiger partial charge in [-0.15, -0.1) is 0 Å². The highest BCUT2D eigenvalue weighted by atomic mass is 35.5. The van der Waals surface area contributed by atoms with Crippen molar-refractivity contribution in [1.29, 1.82) is 0 Å². The number of halogens is 2. The average molecular weight is 401 g/mol. The summed E-state index contributed by atoms with van der Waals surface area (Å²) in [7, 11) is 0. The molecule has 6 heteroatoms. The van der Waals surface area contributed by atoms with Crippen molar-refractivity contribution >= 4 is 29.1 Å². The molecule has 2 bridgehead atoms. The summed E-state index contributed by atoms with van der Waals surface area (Å²) >= 11 is 6.03. The fourth-order valence-corrected chi connectivity index (χ4v) is 4.74. The topological polar surface area (TPSA) is 58.2 Å². The predicted octanol–water partition coefficient (Wildman–Crippen LogP) is 4.71. The Labute approximate surface area is 168 Å². The molecule has 0 aliphatic heterocycles. The lowest BCUT2D eigenvalue weighted by Crippen LogP contribution is -2.77. The summed E-state index contributed by atoms with van der Waals surface area (Å²) < 4.78 is 13.0. The van der Waals surface area contributed by atoms with Gasteiger partial charge in [0.05, 0.1) is 0 Å². The van der Waals surface area contributed by atoms with Crippen molar-refractivity contribution in [3.8, 4) is 0 Å². The normalized spacial score (nSPS) is 25.9. The van der Waals surface area contributed by atoms with Crippen molar-refractivity contribution in [2.45, 2.75) is 38.6 Å². The molecule has 146 valence electrons. The number of aryl methyl sites for hydroxylation is 1. The van der Waals surface area contributed by atoms with Crippen LogP contribution in [0.5, 0.6) is 0 Å². The molecule has 2 aromatic rings. The summed E-state index contributed by atoms with van der Waals surface area (Å²) in [5.41, 5.74) is 1.80. The van der Waals surface area contributed by atoms with Gasteiger partial charge in [0.25, 0.3) is 5.91 Å². The molecule has 0 spiro atoms. The standard InChI is InChI=1S/C22H22ClFN2O2/c1-13-9-15(3-8-18(13)23)20(28)26-22-10-21(11-22,12-22)14(2)19(27)25-17-6-4-16(24)5-7-17/h3-9,14H,10-12H2,1-2H3,(H,25,27)(H,26,28)/t14-,21?,22?/m1/s1. The second-order valence-electron chi connectivity index (χ2n) is 8.31. The van der Waals surface area contributed by atoms with Crippen molar-refractivity contribution in [3.05, 3.63) is 64.4 Å². The monoisotopic (exact) mass is 400 g/mol. The van der Waals surface area contributed by atoms with Crippen molar-refractivity contribution in [2.75, 3.05) is 5.32 Å². The van der Waals surface area contributed by atoms with Crippen molar-refractivity contribution in [3.63, 3.8) is 0 Å². The molecule has 3 saturated carbocycles. The van der Waals surface area contributed by atoms with Gasteiger partial charge < -0.3 is 10.6 Å². The van der Waals surface area contributed by atoms with E-state index in [9.17, 15) is 14.0 Å². The van der Waals surface area contributed by atoms with Crippen LogP contribution in [0, 0.1) is 24.1 Å². The van der Waals surface area contributed by atoms with E-state index in [2.05, 4.69) is 10.6 Å². The van der Waals surface area contributed by atoms with Gasteiger partial charge in [-0.2, -0.15) is 0 Å². The van der Waals surface area contributed by atoms with Crippen molar-refractivity contribution in [1.82, 2.24) is 5.32 Å². The van der Waals surface area contributed by atoms with Crippen molar-refractivity contribution < 1.29 is 14.0 Å². The molecule has 0 heterocycles. The first-order valence-corrected chi connectivity index (χ1v) is 9.75. The minimum atomic E-state index is -0.334. The van der Waals surface area contributed by atoms with Crippen LogP contribution in [0.3, 0.4) is 0 Å². The van der Waals surface area contributed by atoms with Crippen LogP contribution in [0.1, 0.15) is 42.1 Å². The maximum Gasteiger partial charge on any atom is 0.251 e. The predicted molar refractivity (Wildman–Crippen MR) is 107 cm³/mol. The molecule has 3 fully saturated rings. The van der Waals surface area contributed by atoms with Gasteiger partial charge in [-0.3, -0.25) is 9.59 Å². The lowest BCUT2D eigenvalue weighted by atomic mass is 9.36. The zero-order chi connectivity index (χ0) is 20.1. The molecule has 0 aromatic heterocycles. The Hall–Kier alpha value is -2.40. The molecule has 4 nitrogen and oxygen atoms in total. The lowest BCUT2D eigenvalue weighted by Gasteiger charge is -2.72. The third-order valence-corrected chi connectivity index (χ3v) is 6.72. The number of anilines is 1. The molecule has 0 radical (unpaired) electrons. The molecule has 2 amide bonds. The Morgan fingerprint density at radius 3 is 2.36 bits per heavy atom. The lowest BCUT2D eigenvalue weighted by molar-refractivity contribution is -0.184. The Morgan fingerprint density at radius 1 is 1.11 bits per heavy atom. The zero-order valence-corrected chi connectivity index (χ0v) is 16.6. The van der Waals surface area contributed by atoms with Gasteiger partial charge in [-0.1, -0.05) is 18.5 Å². The fourth-order valence-electron chi connectivity index (χ4n) is 4.62. The maximum absolute atomic E-state index is 13.0. The van der Waals surface area contributed by atoms with Crippen LogP contribution in [0.15, 0.2) is 42.5 Å². The van der Waals surface area contributed by atoms with Crippen LogP contribution in [-0.4, -0.2) is 17.4 Å². The largest absolute Gasteiger partial charge is 0.347 e. The van der Waals surface area contributed by atoms with E-state index < -0.39 is 0 Å². The van der Waals surface area contributed by atoms with Crippen LogP contribution < -0.4 is 10.6 Å². The van der Waals surface area contributed by atoms with Gasteiger partial charge in [0, 0.05) is 27.7 Å². The van der Waals surface area contributed by atoms with Crippen molar-refractivity contribution in [2.24, 2.45) is 11.3 Å². The van der Waals surface area contributed by atoms with E-state index in [0.29, 0.717) is 16.3 Å². The second-order valence-corrected chi connectivity index (χ2v) is 8.72. The van der Waals surface area contributed by atoms with E-state index in [0.717, 1.165) is 24.8 Å². The number of amides is 2. The number of hydrogen-bond acceptors (Lipinski definition) is 2. The highest BCUT2D eigenvalue weighted by molar-refractivity contribution is 6.31. The second kappa shape index (κ2) is 6.59. The minimum Gasteiger partial charge on any atom is -0.347 e. The highest BCUT2D eigenvalue weighted by Gasteiger charge is 2.71. The number of benzene rings is 2. The average Bonchev–Trinajstić information content (AvgIpc) is 2.60. The molecular formula is C22H22ClFN2O2. The Balaban J connectivity index is 1.34. The molecule has 28 heavy (non-hydrogen) atoms. The summed E-state index contributed by atoms with van der Waals surface area (Å²) in [5.74, 6) is -0.677. The third-order valence-electron chi connectivity index (χ3n) is 6.29. The van der Waals surface area contributed by atoms with E-state index in [1.54, 1.807) is 30.3 Å².